The van der Waals surface area contributed by atoms with Crippen LogP contribution >= 0.6 is 0 Å². The number of hydrogen-bond acceptors (Lipinski definition) is 4. The number of nitrogens with zero attached hydrogens (tertiary/aromatic N) is 3. The predicted molar refractivity (Wildman–Crippen MR) is 69.9 cm³/mol. The number of carbonyl (C=O) groups is 1. The van der Waals surface area contributed by atoms with Crippen molar-refractivity contribution in [2.24, 2.45) is 0 Å². The van der Waals surface area contributed by atoms with E-state index >= 15 is 0 Å². The van der Waals surface area contributed by atoms with Crippen LogP contribution in [0.3, 0.4) is 0 Å². The first kappa shape index (κ1) is 12.9. The molecule has 1 atom stereocenters. The lowest BCUT2D eigenvalue weighted by Gasteiger charge is -2.34. The molecule has 1 saturated heterocycles. The van der Waals surface area contributed by atoms with E-state index in [9.17, 15) is 4.79 Å². The van der Waals surface area contributed by atoms with Crippen molar-refractivity contribution in [1.29, 1.82) is 0 Å². The SMILES string of the molecule is CNC(=O)C1CCCCN1CCn1ccc(N)n1. The second-order valence-corrected chi connectivity index (χ2v) is 4.67. The lowest BCUT2D eigenvalue weighted by molar-refractivity contribution is -0.127. The first-order chi connectivity index (χ1) is 8.70. The number of nitrogens with one attached hydrogen (secondary N) is 1. The standard InChI is InChI=1S/C12H21N5O/c1-14-12(18)10-4-2-3-6-16(10)8-9-17-7-5-11(13)15-17/h5,7,10H,2-4,6,8-9H2,1H3,(H2,13,15)(H,14,18). The van der Waals surface area contributed by atoms with Crippen LogP contribution in [0.2, 0.25) is 0 Å². The fraction of sp³-hybridized carbons (Fsp3) is 0.667. The summed E-state index contributed by atoms with van der Waals surface area (Å²) >= 11 is 0. The lowest BCUT2D eigenvalue weighted by Crippen LogP contribution is -2.49. The van der Waals surface area contributed by atoms with E-state index in [4.69, 9.17) is 5.73 Å². The number of anilines is 1. The molecule has 2 heterocycles. The molecule has 1 unspecified atom stereocenters. The quantitative estimate of drug-likeness (QED) is 0.793. The number of piperidine rings is 1. The normalized spacial score (nSPS) is 20.8. The summed E-state index contributed by atoms with van der Waals surface area (Å²) in [6.07, 6.45) is 5.10. The average Bonchev–Trinajstić information content (AvgIpc) is 2.81. The second-order valence-electron chi connectivity index (χ2n) is 4.67. The molecule has 0 bridgehead atoms. The summed E-state index contributed by atoms with van der Waals surface area (Å²) in [5.41, 5.74) is 5.57. The fourth-order valence-electron chi connectivity index (χ4n) is 2.45. The summed E-state index contributed by atoms with van der Waals surface area (Å²) in [6.45, 7) is 2.58. The van der Waals surface area contributed by atoms with E-state index in [2.05, 4.69) is 15.3 Å². The van der Waals surface area contributed by atoms with Crippen LogP contribution in [0.5, 0.6) is 0 Å². The van der Waals surface area contributed by atoms with Crippen LogP contribution < -0.4 is 11.1 Å². The zero-order valence-corrected chi connectivity index (χ0v) is 10.8. The van der Waals surface area contributed by atoms with Crippen LogP contribution in [-0.2, 0) is 11.3 Å². The first-order valence-electron chi connectivity index (χ1n) is 6.45. The molecule has 3 N–H and O–H groups in total. The predicted octanol–water partition coefficient (Wildman–Crippen LogP) is 0.0658. The Balaban J connectivity index is 1.91. The molecule has 0 spiro atoms. The summed E-state index contributed by atoms with van der Waals surface area (Å²) < 4.78 is 1.82. The number of rotatable bonds is 4. The Morgan fingerprint density at radius 2 is 2.39 bits per heavy atom. The third kappa shape index (κ3) is 3.01. The maximum atomic E-state index is 11.8. The van der Waals surface area contributed by atoms with Crippen LogP contribution in [0.4, 0.5) is 5.82 Å². The van der Waals surface area contributed by atoms with Crippen molar-refractivity contribution < 1.29 is 4.79 Å². The van der Waals surface area contributed by atoms with E-state index in [1.165, 1.54) is 0 Å². The molecule has 0 aliphatic carbocycles. The van der Waals surface area contributed by atoms with Gasteiger partial charge >= 0.3 is 0 Å². The van der Waals surface area contributed by atoms with Crippen LogP contribution in [0.1, 0.15) is 19.3 Å². The summed E-state index contributed by atoms with van der Waals surface area (Å²) in [6, 6.07) is 1.79. The maximum Gasteiger partial charge on any atom is 0.237 e. The summed E-state index contributed by atoms with van der Waals surface area (Å²) in [7, 11) is 1.70. The van der Waals surface area contributed by atoms with Gasteiger partial charge in [0.25, 0.3) is 0 Å². The minimum absolute atomic E-state index is 0.0108. The highest BCUT2D eigenvalue weighted by atomic mass is 16.2. The van der Waals surface area contributed by atoms with Gasteiger partial charge in [-0.15, -0.1) is 0 Å². The Morgan fingerprint density at radius 3 is 3.06 bits per heavy atom. The Bertz CT molecular complexity index is 403. The van der Waals surface area contributed by atoms with Gasteiger partial charge in [0.05, 0.1) is 12.6 Å². The van der Waals surface area contributed by atoms with Gasteiger partial charge in [-0.25, -0.2) is 0 Å². The highest BCUT2D eigenvalue weighted by Crippen LogP contribution is 2.17. The molecule has 2 rings (SSSR count). The molecular formula is C12H21N5O. The van der Waals surface area contributed by atoms with Crippen LogP contribution in [0.25, 0.3) is 0 Å². The molecule has 1 aromatic rings. The Hall–Kier alpha value is -1.56. The van der Waals surface area contributed by atoms with Crippen molar-refractivity contribution in [3.8, 4) is 0 Å². The van der Waals surface area contributed by atoms with E-state index < -0.39 is 0 Å². The minimum atomic E-state index is 0.0108. The largest absolute Gasteiger partial charge is 0.382 e. The smallest absolute Gasteiger partial charge is 0.237 e. The lowest BCUT2D eigenvalue weighted by atomic mass is 10.0. The number of amides is 1. The van der Waals surface area contributed by atoms with E-state index in [0.717, 1.165) is 38.9 Å². The number of aromatic nitrogens is 2. The van der Waals surface area contributed by atoms with Crippen LogP contribution in [0.15, 0.2) is 12.3 Å². The van der Waals surface area contributed by atoms with E-state index in [1.54, 1.807) is 13.1 Å². The fourth-order valence-corrected chi connectivity index (χ4v) is 2.45. The number of carbonyl (C=O) groups excluding carboxylic acids is 1. The van der Waals surface area contributed by atoms with E-state index in [0.29, 0.717) is 5.82 Å². The number of likely N-dealkylation sites (tertiary alicyclic amines) is 1. The Labute approximate surface area is 107 Å². The third-order valence-corrected chi connectivity index (χ3v) is 3.44. The van der Waals surface area contributed by atoms with Gasteiger partial charge in [-0.1, -0.05) is 6.42 Å². The Kier molecular flexibility index (Phi) is 4.19. The monoisotopic (exact) mass is 251 g/mol. The first-order valence-corrected chi connectivity index (χ1v) is 6.45. The Morgan fingerprint density at radius 1 is 1.56 bits per heavy atom. The number of hydrogen-bond donors (Lipinski definition) is 2. The molecule has 1 aliphatic heterocycles. The average molecular weight is 251 g/mol. The molecule has 1 aromatic heterocycles. The molecule has 0 saturated carbocycles. The van der Waals surface area contributed by atoms with Crippen molar-refractivity contribution in [2.75, 3.05) is 25.9 Å². The molecule has 0 radical (unpaired) electrons. The molecule has 1 amide bonds. The molecule has 6 heteroatoms. The van der Waals surface area contributed by atoms with Gasteiger partial charge in [-0.05, 0) is 25.5 Å². The number of likely N-dealkylation sites (N-methyl/N-ethyl adjacent to an activating group) is 1. The van der Waals surface area contributed by atoms with Crippen molar-refractivity contribution in [3.63, 3.8) is 0 Å². The molecule has 0 aromatic carbocycles. The van der Waals surface area contributed by atoms with Crippen molar-refractivity contribution in [1.82, 2.24) is 20.0 Å². The zero-order chi connectivity index (χ0) is 13.0. The van der Waals surface area contributed by atoms with Crippen LogP contribution in [-0.4, -0.2) is 46.8 Å². The third-order valence-electron chi connectivity index (χ3n) is 3.44. The minimum Gasteiger partial charge on any atom is -0.382 e. The molecule has 1 aliphatic rings. The highest BCUT2D eigenvalue weighted by Gasteiger charge is 2.27. The molecule has 1 fully saturated rings. The van der Waals surface area contributed by atoms with E-state index in [-0.39, 0.29) is 11.9 Å². The number of nitrogens with two attached hydrogens (primary N) is 1. The van der Waals surface area contributed by atoms with Gasteiger partial charge in [0, 0.05) is 19.8 Å². The summed E-state index contributed by atoms with van der Waals surface area (Å²) in [5.74, 6) is 0.658. The van der Waals surface area contributed by atoms with Gasteiger partial charge in [0.1, 0.15) is 5.82 Å². The summed E-state index contributed by atoms with van der Waals surface area (Å²) in [4.78, 5) is 14.0. The van der Waals surface area contributed by atoms with Gasteiger partial charge in [0.15, 0.2) is 0 Å². The second kappa shape index (κ2) is 5.86. The van der Waals surface area contributed by atoms with Gasteiger partial charge in [-0.2, -0.15) is 5.10 Å². The van der Waals surface area contributed by atoms with Gasteiger partial charge in [-0.3, -0.25) is 14.4 Å². The van der Waals surface area contributed by atoms with Crippen molar-refractivity contribution in [3.05, 3.63) is 12.3 Å². The molecule has 6 nitrogen and oxygen atoms in total. The van der Waals surface area contributed by atoms with E-state index in [1.807, 2.05) is 10.9 Å². The summed E-state index contributed by atoms with van der Waals surface area (Å²) in [5, 5.41) is 6.90. The maximum absolute atomic E-state index is 11.8. The van der Waals surface area contributed by atoms with Gasteiger partial charge in [0.2, 0.25) is 5.91 Å². The topological polar surface area (TPSA) is 76.2 Å². The molecule has 100 valence electrons. The highest BCUT2D eigenvalue weighted by molar-refractivity contribution is 5.81. The number of nitrogen functional groups attached to an aromatic ring is 1. The molecule has 18 heavy (non-hydrogen) atoms. The van der Waals surface area contributed by atoms with Crippen molar-refractivity contribution in [2.45, 2.75) is 31.8 Å². The van der Waals surface area contributed by atoms with Crippen LogP contribution in [0, 0.1) is 0 Å². The van der Waals surface area contributed by atoms with Gasteiger partial charge < -0.3 is 11.1 Å². The molecular weight excluding hydrogens is 230 g/mol. The van der Waals surface area contributed by atoms with Crippen molar-refractivity contribution >= 4 is 11.7 Å². The zero-order valence-electron chi connectivity index (χ0n) is 10.8.